The molecule has 100 valence electrons. The zero-order valence-corrected chi connectivity index (χ0v) is 10.00. The van der Waals surface area contributed by atoms with Gasteiger partial charge in [-0.05, 0) is 31.0 Å². The summed E-state index contributed by atoms with van der Waals surface area (Å²) in [5, 5.41) is 8.68. The van der Waals surface area contributed by atoms with Crippen LogP contribution in [0.1, 0.15) is 30.4 Å². The lowest BCUT2D eigenvalue weighted by Crippen LogP contribution is -2.36. The largest absolute Gasteiger partial charge is 0.418 e. The zero-order valence-electron chi connectivity index (χ0n) is 10.00. The first kappa shape index (κ1) is 13.4. The van der Waals surface area contributed by atoms with E-state index in [1.807, 2.05) is 0 Å². The SMILES string of the molecule is N#Cc1ccc(N2CCCCC2=O)c(C(F)(F)F)c1. The van der Waals surface area contributed by atoms with Crippen LogP contribution in [0.5, 0.6) is 0 Å². The average Bonchev–Trinajstić information content (AvgIpc) is 2.38. The van der Waals surface area contributed by atoms with Crippen molar-refractivity contribution in [2.75, 3.05) is 11.4 Å². The van der Waals surface area contributed by atoms with E-state index in [0.717, 1.165) is 11.0 Å². The van der Waals surface area contributed by atoms with Crippen molar-refractivity contribution in [2.24, 2.45) is 0 Å². The van der Waals surface area contributed by atoms with Crippen molar-refractivity contribution in [2.45, 2.75) is 25.4 Å². The summed E-state index contributed by atoms with van der Waals surface area (Å²) >= 11 is 0. The minimum absolute atomic E-state index is 0.0690. The fourth-order valence-electron chi connectivity index (χ4n) is 2.13. The van der Waals surface area contributed by atoms with Gasteiger partial charge in [0.1, 0.15) is 0 Å². The second-order valence-electron chi connectivity index (χ2n) is 4.34. The van der Waals surface area contributed by atoms with Crippen molar-refractivity contribution in [1.82, 2.24) is 0 Å². The number of amides is 1. The molecule has 3 nitrogen and oxygen atoms in total. The summed E-state index contributed by atoms with van der Waals surface area (Å²) in [4.78, 5) is 12.9. The lowest BCUT2D eigenvalue weighted by Gasteiger charge is -2.29. The Morgan fingerprint density at radius 2 is 2.00 bits per heavy atom. The highest BCUT2D eigenvalue weighted by atomic mass is 19.4. The topological polar surface area (TPSA) is 44.1 Å². The smallest absolute Gasteiger partial charge is 0.312 e. The molecule has 0 saturated carbocycles. The molecule has 1 fully saturated rings. The maximum atomic E-state index is 13.0. The number of hydrogen-bond acceptors (Lipinski definition) is 2. The van der Waals surface area contributed by atoms with Crippen LogP contribution in [0.2, 0.25) is 0 Å². The van der Waals surface area contributed by atoms with Crippen molar-refractivity contribution in [1.29, 1.82) is 5.26 Å². The molecular formula is C13H11F3N2O. The van der Waals surface area contributed by atoms with Crippen LogP contribution < -0.4 is 4.90 Å². The maximum Gasteiger partial charge on any atom is 0.418 e. The van der Waals surface area contributed by atoms with Gasteiger partial charge in [0, 0.05) is 13.0 Å². The van der Waals surface area contributed by atoms with Gasteiger partial charge in [-0.15, -0.1) is 0 Å². The van der Waals surface area contributed by atoms with Crippen LogP contribution in [0.3, 0.4) is 0 Å². The van der Waals surface area contributed by atoms with Gasteiger partial charge in [-0.3, -0.25) is 4.79 Å². The Kier molecular flexibility index (Phi) is 3.47. The fraction of sp³-hybridized carbons (Fsp3) is 0.385. The van der Waals surface area contributed by atoms with E-state index in [9.17, 15) is 18.0 Å². The highest BCUT2D eigenvalue weighted by Gasteiger charge is 2.36. The van der Waals surface area contributed by atoms with Gasteiger partial charge in [-0.2, -0.15) is 18.4 Å². The van der Waals surface area contributed by atoms with Crippen LogP contribution in [0.15, 0.2) is 18.2 Å². The molecular weight excluding hydrogens is 257 g/mol. The molecule has 1 aliphatic heterocycles. The molecule has 1 amide bonds. The Balaban J connectivity index is 2.50. The van der Waals surface area contributed by atoms with Crippen molar-refractivity contribution < 1.29 is 18.0 Å². The molecule has 0 bridgehead atoms. The van der Waals surface area contributed by atoms with Crippen molar-refractivity contribution in [3.63, 3.8) is 0 Å². The Hall–Kier alpha value is -2.03. The van der Waals surface area contributed by atoms with E-state index in [2.05, 4.69) is 0 Å². The first-order valence-electron chi connectivity index (χ1n) is 5.85. The number of carbonyl (C=O) groups excluding carboxylic acids is 1. The van der Waals surface area contributed by atoms with Gasteiger partial charge in [0.15, 0.2) is 0 Å². The van der Waals surface area contributed by atoms with Crippen molar-refractivity contribution in [3.8, 4) is 6.07 Å². The molecule has 0 aromatic heterocycles. The van der Waals surface area contributed by atoms with E-state index < -0.39 is 11.7 Å². The van der Waals surface area contributed by atoms with Crippen LogP contribution in [0.25, 0.3) is 0 Å². The van der Waals surface area contributed by atoms with Crippen molar-refractivity contribution >= 4 is 11.6 Å². The Bertz CT molecular complexity index is 546. The molecule has 0 N–H and O–H groups in total. The van der Waals surface area contributed by atoms with E-state index in [1.165, 1.54) is 12.1 Å². The molecule has 19 heavy (non-hydrogen) atoms. The molecule has 6 heteroatoms. The summed E-state index contributed by atoms with van der Waals surface area (Å²) < 4.78 is 39.0. The van der Waals surface area contributed by atoms with Gasteiger partial charge >= 0.3 is 6.18 Å². The monoisotopic (exact) mass is 268 g/mol. The molecule has 0 aliphatic carbocycles. The van der Waals surface area contributed by atoms with E-state index in [1.54, 1.807) is 6.07 Å². The van der Waals surface area contributed by atoms with Gasteiger partial charge in [0.05, 0.1) is 22.9 Å². The number of rotatable bonds is 1. The summed E-state index contributed by atoms with van der Waals surface area (Å²) in [7, 11) is 0. The second kappa shape index (κ2) is 4.92. The highest BCUT2D eigenvalue weighted by molar-refractivity contribution is 5.95. The summed E-state index contributed by atoms with van der Waals surface area (Å²) in [6, 6.07) is 4.96. The molecule has 0 radical (unpaired) electrons. The van der Waals surface area contributed by atoms with Gasteiger partial charge in [-0.1, -0.05) is 0 Å². The number of nitriles is 1. The summed E-state index contributed by atoms with van der Waals surface area (Å²) in [6.45, 7) is 0.286. The number of alkyl halides is 3. The Morgan fingerprint density at radius 3 is 2.58 bits per heavy atom. The molecule has 1 aromatic rings. The van der Waals surface area contributed by atoms with E-state index in [4.69, 9.17) is 5.26 Å². The number of piperidine rings is 1. The minimum atomic E-state index is -4.58. The number of hydrogen-bond donors (Lipinski definition) is 0. The summed E-state index contributed by atoms with van der Waals surface area (Å²) in [5.41, 5.74) is -1.15. The molecule has 1 aromatic carbocycles. The number of halogens is 3. The number of anilines is 1. The maximum absolute atomic E-state index is 13.0. The molecule has 1 saturated heterocycles. The van der Waals surface area contributed by atoms with Crippen LogP contribution in [0, 0.1) is 11.3 Å². The van der Waals surface area contributed by atoms with Gasteiger partial charge in [-0.25, -0.2) is 0 Å². The van der Waals surface area contributed by atoms with Crippen LogP contribution in [-0.4, -0.2) is 12.5 Å². The minimum Gasteiger partial charge on any atom is -0.312 e. The second-order valence-corrected chi connectivity index (χ2v) is 4.34. The third-order valence-corrected chi connectivity index (χ3v) is 3.05. The average molecular weight is 268 g/mol. The normalized spacial score (nSPS) is 16.3. The summed E-state index contributed by atoms with van der Waals surface area (Å²) in [6.07, 6.45) is -2.94. The standard InChI is InChI=1S/C13H11F3N2O/c14-13(15,16)10-7-9(8-17)4-5-11(10)18-6-2-1-3-12(18)19/h4-5,7H,1-3,6H2. The van der Waals surface area contributed by atoms with Crippen molar-refractivity contribution in [3.05, 3.63) is 29.3 Å². The molecule has 0 unspecified atom stereocenters. The van der Waals surface area contributed by atoms with Gasteiger partial charge in [0.2, 0.25) is 5.91 Å². The molecule has 2 rings (SSSR count). The zero-order chi connectivity index (χ0) is 14.0. The number of nitrogens with zero attached hydrogens (tertiary/aromatic N) is 2. The van der Waals surface area contributed by atoms with Crippen LogP contribution in [0.4, 0.5) is 18.9 Å². The quantitative estimate of drug-likeness (QED) is 0.785. The lowest BCUT2D eigenvalue weighted by molar-refractivity contribution is -0.137. The lowest BCUT2D eigenvalue weighted by atomic mass is 10.0. The van der Waals surface area contributed by atoms with Gasteiger partial charge in [0.25, 0.3) is 0 Å². The first-order valence-corrected chi connectivity index (χ1v) is 5.85. The Morgan fingerprint density at radius 1 is 1.26 bits per heavy atom. The number of carbonyl (C=O) groups is 1. The van der Waals surface area contributed by atoms with Gasteiger partial charge < -0.3 is 4.90 Å². The predicted octanol–water partition coefficient (Wildman–Crippen LogP) is 3.09. The fourth-order valence-corrected chi connectivity index (χ4v) is 2.13. The molecule has 0 atom stereocenters. The van der Waals surface area contributed by atoms with Crippen LogP contribution in [-0.2, 0) is 11.0 Å². The molecule has 0 spiro atoms. The number of benzene rings is 1. The third-order valence-electron chi connectivity index (χ3n) is 3.05. The molecule has 1 heterocycles. The highest BCUT2D eigenvalue weighted by Crippen LogP contribution is 2.38. The molecule has 1 aliphatic rings. The predicted molar refractivity (Wildman–Crippen MR) is 62.4 cm³/mol. The summed E-state index contributed by atoms with van der Waals surface area (Å²) in [5.74, 6) is -0.304. The third kappa shape index (κ3) is 2.70. The van der Waals surface area contributed by atoms with Crippen LogP contribution >= 0.6 is 0 Å². The van der Waals surface area contributed by atoms with E-state index in [0.29, 0.717) is 12.8 Å². The van der Waals surface area contributed by atoms with E-state index >= 15 is 0 Å². The van der Waals surface area contributed by atoms with E-state index in [-0.39, 0.29) is 30.1 Å². The Labute approximate surface area is 108 Å². The first-order chi connectivity index (χ1) is 8.93.